The van der Waals surface area contributed by atoms with Crippen molar-refractivity contribution in [3.63, 3.8) is 0 Å². The molecule has 0 N–H and O–H groups in total. The molecule has 0 radical (unpaired) electrons. The lowest BCUT2D eigenvalue weighted by Gasteiger charge is -2.21. The van der Waals surface area contributed by atoms with E-state index in [4.69, 9.17) is 0 Å². The quantitative estimate of drug-likeness (QED) is 0.788. The fourth-order valence-corrected chi connectivity index (χ4v) is 2.36. The first-order chi connectivity index (χ1) is 10.2. The van der Waals surface area contributed by atoms with Gasteiger partial charge in [0.25, 0.3) is 0 Å². The zero-order valence-corrected chi connectivity index (χ0v) is 12.9. The zero-order chi connectivity index (χ0) is 15.1. The summed E-state index contributed by atoms with van der Waals surface area (Å²) in [5, 5.41) is 0. The van der Waals surface area contributed by atoms with E-state index < -0.39 is 0 Å². The van der Waals surface area contributed by atoms with E-state index in [-0.39, 0.29) is 5.91 Å². The van der Waals surface area contributed by atoms with Crippen LogP contribution in [-0.2, 0) is 24.2 Å². The van der Waals surface area contributed by atoms with Crippen molar-refractivity contribution in [1.29, 1.82) is 0 Å². The van der Waals surface area contributed by atoms with Crippen molar-refractivity contribution in [1.82, 2.24) is 4.90 Å². The van der Waals surface area contributed by atoms with Crippen molar-refractivity contribution in [3.8, 4) is 0 Å². The van der Waals surface area contributed by atoms with Crippen molar-refractivity contribution in [2.75, 3.05) is 6.54 Å². The molecule has 110 valence electrons. The van der Waals surface area contributed by atoms with Gasteiger partial charge >= 0.3 is 0 Å². The molecule has 0 bridgehead atoms. The van der Waals surface area contributed by atoms with Crippen LogP contribution in [0.5, 0.6) is 0 Å². The van der Waals surface area contributed by atoms with Crippen molar-refractivity contribution in [3.05, 3.63) is 71.3 Å². The molecular weight excluding hydrogens is 258 g/mol. The molecule has 2 rings (SSSR count). The highest BCUT2D eigenvalue weighted by Crippen LogP contribution is 2.10. The highest BCUT2D eigenvalue weighted by molar-refractivity contribution is 5.78. The van der Waals surface area contributed by atoms with Crippen LogP contribution in [0.25, 0.3) is 0 Å². The number of carbonyl (C=O) groups excluding carboxylic acids is 1. The summed E-state index contributed by atoms with van der Waals surface area (Å²) >= 11 is 0. The van der Waals surface area contributed by atoms with Gasteiger partial charge in [0, 0.05) is 13.1 Å². The number of amides is 1. The van der Waals surface area contributed by atoms with Crippen molar-refractivity contribution < 1.29 is 4.79 Å². The normalized spacial score (nSPS) is 10.4. The van der Waals surface area contributed by atoms with Crippen LogP contribution in [0.15, 0.2) is 54.6 Å². The number of nitrogens with zero attached hydrogens (tertiary/aromatic N) is 1. The van der Waals surface area contributed by atoms with E-state index in [1.54, 1.807) is 0 Å². The third-order valence-corrected chi connectivity index (χ3v) is 3.74. The van der Waals surface area contributed by atoms with Gasteiger partial charge in [0.2, 0.25) is 5.91 Å². The summed E-state index contributed by atoms with van der Waals surface area (Å²) in [6.07, 6.45) is 1.51. The van der Waals surface area contributed by atoms with E-state index in [1.807, 2.05) is 30.0 Å². The number of rotatable bonds is 6. The monoisotopic (exact) mass is 281 g/mol. The smallest absolute Gasteiger partial charge is 0.227 e. The van der Waals surface area contributed by atoms with Crippen LogP contribution in [0, 0.1) is 0 Å². The second-order valence-corrected chi connectivity index (χ2v) is 5.24. The van der Waals surface area contributed by atoms with E-state index >= 15 is 0 Å². The van der Waals surface area contributed by atoms with Crippen LogP contribution in [0.1, 0.15) is 30.5 Å². The van der Waals surface area contributed by atoms with E-state index in [1.165, 1.54) is 11.1 Å². The zero-order valence-electron chi connectivity index (χ0n) is 12.9. The molecule has 0 fully saturated rings. The Hall–Kier alpha value is -2.09. The number of aryl methyl sites for hydroxylation is 1. The fourth-order valence-electron chi connectivity index (χ4n) is 2.36. The van der Waals surface area contributed by atoms with Gasteiger partial charge in [-0.1, -0.05) is 61.5 Å². The number of hydrogen-bond donors (Lipinski definition) is 0. The van der Waals surface area contributed by atoms with Crippen molar-refractivity contribution in [2.45, 2.75) is 33.2 Å². The summed E-state index contributed by atoms with van der Waals surface area (Å²) in [5.41, 5.74) is 3.57. The van der Waals surface area contributed by atoms with Crippen molar-refractivity contribution in [2.24, 2.45) is 0 Å². The van der Waals surface area contributed by atoms with Crippen LogP contribution in [0.4, 0.5) is 0 Å². The van der Waals surface area contributed by atoms with Gasteiger partial charge in [-0.3, -0.25) is 4.79 Å². The number of likely N-dealkylation sites (N-methyl/N-ethyl adjacent to an activating group) is 1. The summed E-state index contributed by atoms with van der Waals surface area (Å²) < 4.78 is 0. The van der Waals surface area contributed by atoms with Crippen molar-refractivity contribution >= 4 is 5.91 Å². The Bertz CT molecular complexity index is 560. The summed E-state index contributed by atoms with van der Waals surface area (Å²) in [5.74, 6) is 0.186. The molecule has 1 amide bonds. The molecule has 2 nitrogen and oxygen atoms in total. The Morgan fingerprint density at radius 1 is 0.857 bits per heavy atom. The molecule has 0 aromatic heterocycles. The van der Waals surface area contributed by atoms with Gasteiger partial charge < -0.3 is 4.90 Å². The minimum Gasteiger partial charge on any atom is -0.338 e. The standard InChI is InChI=1S/C19H23NO/c1-3-16-10-12-17(13-11-16)14-19(21)20(4-2)15-18-8-6-5-7-9-18/h5-13H,3-4,14-15H2,1-2H3. The van der Waals surface area contributed by atoms with Gasteiger partial charge in [-0.15, -0.1) is 0 Å². The molecule has 2 aromatic rings. The lowest BCUT2D eigenvalue weighted by molar-refractivity contribution is -0.130. The molecule has 0 aliphatic heterocycles. The molecule has 0 aliphatic rings. The maximum Gasteiger partial charge on any atom is 0.227 e. The maximum atomic E-state index is 12.4. The molecule has 2 aromatic carbocycles. The second kappa shape index (κ2) is 7.63. The predicted molar refractivity (Wildman–Crippen MR) is 87.1 cm³/mol. The van der Waals surface area contributed by atoms with Gasteiger partial charge in [0.05, 0.1) is 6.42 Å². The number of hydrogen-bond acceptors (Lipinski definition) is 1. The van der Waals surface area contributed by atoms with Gasteiger partial charge in [-0.05, 0) is 30.0 Å². The first-order valence-corrected chi connectivity index (χ1v) is 7.62. The highest BCUT2D eigenvalue weighted by Gasteiger charge is 2.12. The largest absolute Gasteiger partial charge is 0.338 e. The van der Waals surface area contributed by atoms with Crippen LogP contribution in [0.2, 0.25) is 0 Å². The minimum absolute atomic E-state index is 0.186. The molecule has 0 saturated carbocycles. The third kappa shape index (κ3) is 4.45. The van der Waals surface area contributed by atoms with Crippen LogP contribution < -0.4 is 0 Å². The summed E-state index contributed by atoms with van der Waals surface area (Å²) in [4.78, 5) is 14.3. The van der Waals surface area contributed by atoms with Crippen LogP contribution in [-0.4, -0.2) is 17.4 Å². The molecule has 0 heterocycles. The summed E-state index contributed by atoms with van der Waals surface area (Å²) in [6.45, 7) is 5.59. The molecule has 0 unspecified atom stereocenters. The number of carbonyl (C=O) groups is 1. The molecule has 2 heteroatoms. The Morgan fingerprint density at radius 3 is 2.05 bits per heavy atom. The van der Waals surface area contributed by atoms with E-state index in [0.29, 0.717) is 13.0 Å². The lowest BCUT2D eigenvalue weighted by atomic mass is 10.1. The average molecular weight is 281 g/mol. The topological polar surface area (TPSA) is 20.3 Å². The van der Waals surface area contributed by atoms with E-state index in [9.17, 15) is 4.79 Å². The Labute approximate surface area is 127 Å². The minimum atomic E-state index is 0.186. The first kappa shape index (κ1) is 15.3. The van der Waals surface area contributed by atoms with Gasteiger partial charge in [-0.25, -0.2) is 0 Å². The van der Waals surface area contributed by atoms with Crippen LogP contribution in [0.3, 0.4) is 0 Å². The lowest BCUT2D eigenvalue weighted by Crippen LogP contribution is -2.31. The predicted octanol–water partition coefficient (Wildman–Crippen LogP) is 3.84. The van der Waals surface area contributed by atoms with Crippen LogP contribution >= 0.6 is 0 Å². The molecule has 0 spiro atoms. The SMILES string of the molecule is CCc1ccc(CC(=O)N(CC)Cc2ccccc2)cc1. The second-order valence-electron chi connectivity index (χ2n) is 5.24. The molecule has 0 saturated heterocycles. The highest BCUT2D eigenvalue weighted by atomic mass is 16.2. The summed E-state index contributed by atoms with van der Waals surface area (Å²) in [7, 11) is 0. The Morgan fingerprint density at radius 2 is 1.48 bits per heavy atom. The summed E-state index contributed by atoms with van der Waals surface area (Å²) in [6, 6.07) is 18.5. The maximum absolute atomic E-state index is 12.4. The number of benzene rings is 2. The molecule has 0 aliphatic carbocycles. The Kier molecular flexibility index (Phi) is 5.56. The Balaban J connectivity index is 1.99. The van der Waals surface area contributed by atoms with E-state index in [0.717, 1.165) is 18.5 Å². The first-order valence-electron chi connectivity index (χ1n) is 7.62. The fraction of sp³-hybridized carbons (Fsp3) is 0.316. The molecular formula is C19H23NO. The molecule has 0 atom stereocenters. The van der Waals surface area contributed by atoms with Gasteiger partial charge in [0.15, 0.2) is 0 Å². The van der Waals surface area contributed by atoms with Gasteiger partial charge in [-0.2, -0.15) is 0 Å². The third-order valence-electron chi connectivity index (χ3n) is 3.74. The van der Waals surface area contributed by atoms with Gasteiger partial charge in [0.1, 0.15) is 0 Å². The average Bonchev–Trinajstić information content (AvgIpc) is 2.54. The van der Waals surface area contributed by atoms with E-state index in [2.05, 4.69) is 43.3 Å². The molecule has 21 heavy (non-hydrogen) atoms.